The summed E-state index contributed by atoms with van der Waals surface area (Å²) in [6.07, 6.45) is 0.528. The number of rotatable bonds is 3. The molecule has 3 spiro atoms. The molecule has 4 heterocycles. The molecule has 0 aromatic rings. The molecule has 0 aromatic carbocycles. The lowest BCUT2D eigenvalue weighted by Crippen LogP contribution is -2.61. The summed E-state index contributed by atoms with van der Waals surface area (Å²) in [7, 11) is 0. The summed E-state index contributed by atoms with van der Waals surface area (Å²) in [5.41, 5.74) is -0.334. The van der Waals surface area contributed by atoms with Crippen LogP contribution in [0.25, 0.3) is 0 Å². The van der Waals surface area contributed by atoms with Gasteiger partial charge in [0.2, 0.25) is 5.79 Å². The summed E-state index contributed by atoms with van der Waals surface area (Å²) >= 11 is 0. The van der Waals surface area contributed by atoms with Gasteiger partial charge in [0.15, 0.2) is 12.6 Å². The summed E-state index contributed by atoms with van der Waals surface area (Å²) in [5, 5.41) is 41.8. The van der Waals surface area contributed by atoms with Crippen molar-refractivity contribution in [2.45, 2.75) is 161 Å². The number of aliphatic hydroxyl groups excluding tert-OH is 4. The Hall–Kier alpha value is -1.15. The van der Waals surface area contributed by atoms with Crippen molar-refractivity contribution in [2.24, 2.45) is 50.7 Å². The summed E-state index contributed by atoms with van der Waals surface area (Å²) in [6, 6.07) is 0. The summed E-state index contributed by atoms with van der Waals surface area (Å²) in [6.45, 7) is 17.3. The lowest BCUT2D eigenvalue weighted by Gasteiger charge is -2.62. The highest BCUT2D eigenvalue weighted by Crippen LogP contribution is 2.91. The van der Waals surface area contributed by atoms with Crippen LogP contribution in [0.1, 0.15) is 93.9 Å². The molecule has 4 N–H and O–H groups in total. The lowest BCUT2D eigenvalue weighted by molar-refractivity contribution is -0.345. The highest BCUT2D eigenvalue weighted by Gasteiger charge is 2.88. The van der Waals surface area contributed by atoms with E-state index in [4.69, 9.17) is 28.4 Å². The Morgan fingerprint density at radius 2 is 1.67 bits per heavy atom. The van der Waals surface area contributed by atoms with Crippen LogP contribution in [0.5, 0.6) is 0 Å². The van der Waals surface area contributed by atoms with Crippen LogP contribution >= 0.6 is 0 Å². The Kier molecular flexibility index (Phi) is 6.79. The van der Waals surface area contributed by atoms with Gasteiger partial charge in [-0.25, -0.2) is 0 Å². The van der Waals surface area contributed by atoms with Crippen LogP contribution < -0.4 is 0 Å². The Morgan fingerprint density at radius 1 is 0.939 bits per heavy atom. The number of hydrogen-bond acceptors (Lipinski definition) is 11. The molecule has 49 heavy (non-hydrogen) atoms. The Bertz CT molecular complexity index is 1480. The van der Waals surface area contributed by atoms with Crippen LogP contribution in [-0.2, 0) is 33.2 Å². The third-order valence-corrected chi connectivity index (χ3v) is 16.8. The summed E-state index contributed by atoms with van der Waals surface area (Å²) in [5.74, 6) is -0.279. The number of esters is 1. The molecule has 11 heteroatoms. The van der Waals surface area contributed by atoms with E-state index in [1.807, 2.05) is 6.92 Å². The molecule has 9 aliphatic rings. The predicted octanol–water partition coefficient (Wildman–Crippen LogP) is 3.19. The number of carbonyl (C=O) groups excluding carboxylic acids is 1. The Balaban J connectivity index is 1.08. The van der Waals surface area contributed by atoms with Crippen molar-refractivity contribution >= 4 is 5.97 Å². The second kappa shape index (κ2) is 9.88. The van der Waals surface area contributed by atoms with E-state index >= 15 is 0 Å². The average molecular weight is 689 g/mol. The average Bonchev–Trinajstić information content (AvgIpc) is 3.80. The number of ether oxygens (including phenoxy) is 6. The molecule has 9 rings (SSSR count). The maximum Gasteiger partial charge on any atom is 0.302 e. The first-order valence-corrected chi connectivity index (χ1v) is 18.8. The second-order valence-corrected chi connectivity index (χ2v) is 18.8. The van der Waals surface area contributed by atoms with Gasteiger partial charge in [0.05, 0.1) is 18.8 Å². The number of fused-ring (bicyclic) bond motifs is 6. The van der Waals surface area contributed by atoms with Crippen molar-refractivity contribution < 1.29 is 53.6 Å². The van der Waals surface area contributed by atoms with E-state index in [1.165, 1.54) is 12.5 Å². The van der Waals surface area contributed by atoms with Crippen molar-refractivity contribution in [3.05, 3.63) is 11.6 Å². The van der Waals surface area contributed by atoms with Crippen LogP contribution in [0.4, 0.5) is 0 Å². The second-order valence-electron chi connectivity index (χ2n) is 18.8. The van der Waals surface area contributed by atoms with Crippen LogP contribution in [0.15, 0.2) is 11.6 Å². The fourth-order valence-corrected chi connectivity index (χ4v) is 14.5. The van der Waals surface area contributed by atoms with E-state index in [0.717, 1.165) is 32.1 Å². The van der Waals surface area contributed by atoms with Gasteiger partial charge < -0.3 is 48.8 Å². The van der Waals surface area contributed by atoms with Crippen LogP contribution in [0, 0.1) is 50.7 Å². The first kappa shape index (κ1) is 33.7. The smallest absolute Gasteiger partial charge is 0.302 e. The molecular formula is C38H56O11. The first-order chi connectivity index (χ1) is 22.8. The molecule has 274 valence electrons. The number of epoxide rings is 1. The van der Waals surface area contributed by atoms with E-state index in [0.29, 0.717) is 12.3 Å². The maximum atomic E-state index is 12.9. The number of hydrogen-bond donors (Lipinski definition) is 4. The van der Waals surface area contributed by atoms with Crippen molar-refractivity contribution in [3.63, 3.8) is 0 Å². The Morgan fingerprint density at radius 3 is 2.33 bits per heavy atom. The molecule has 8 fully saturated rings. The van der Waals surface area contributed by atoms with Crippen LogP contribution in [-0.4, -0.2) is 99.7 Å². The zero-order valence-corrected chi connectivity index (χ0v) is 30.2. The molecule has 7 unspecified atom stereocenters. The third kappa shape index (κ3) is 3.73. The standard InChI is InChI=1S/C38H56O11/c1-17-13-38(30-35(8,48-30)31(43)49-38)47-21-14-33(6)23-10-9-22-32(4,5)24(46-29-28(42)27(41)20(40)16-44-29)11-12-36(22)18(2)37(23,36)15-25(45-19(3)39)34(33,7)26(17)21/h10,17-18,20-22,24-31,40-43H,9,11-16H2,1-8H3/t17-,18-,20-,21?,22+,24+,25-,26+,27?,28?,29+,30?,31?,33+,34-,35?,36-,37+,38?/m1/s1. The van der Waals surface area contributed by atoms with Crippen molar-refractivity contribution in [1.82, 2.24) is 0 Å². The van der Waals surface area contributed by atoms with Gasteiger partial charge in [0.1, 0.15) is 36.1 Å². The monoisotopic (exact) mass is 688 g/mol. The Labute approximate surface area is 289 Å². The lowest BCUT2D eigenvalue weighted by atomic mass is 9.44. The zero-order valence-electron chi connectivity index (χ0n) is 30.2. The van der Waals surface area contributed by atoms with Crippen molar-refractivity contribution in [2.75, 3.05) is 6.61 Å². The summed E-state index contributed by atoms with van der Waals surface area (Å²) < 4.78 is 38.0. The van der Waals surface area contributed by atoms with Gasteiger partial charge in [-0.15, -0.1) is 0 Å². The van der Waals surface area contributed by atoms with E-state index < -0.39 is 42.3 Å². The minimum absolute atomic E-state index is 0.00523. The minimum atomic E-state index is -1.33. The van der Waals surface area contributed by atoms with E-state index in [-0.39, 0.29) is 81.8 Å². The highest BCUT2D eigenvalue weighted by atomic mass is 16.8. The number of allylic oxidation sites excluding steroid dienone is 2. The molecule has 0 amide bonds. The zero-order chi connectivity index (χ0) is 35.1. The fraction of sp³-hybridized carbons (Fsp3) is 0.921. The van der Waals surface area contributed by atoms with E-state index in [9.17, 15) is 25.2 Å². The van der Waals surface area contributed by atoms with Crippen molar-refractivity contribution in [1.29, 1.82) is 0 Å². The first-order valence-electron chi connectivity index (χ1n) is 18.8. The number of aliphatic hydroxyl groups is 4. The fourth-order valence-electron chi connectivity index (χ4n) is 14.5. The molecule has 0 radical (unpaired) electrons. The van der Waals surface area contributed by atoms with Gasteiger partial charge in [0, 0.05) is 29.6 Å². The number of carbonyl (C=O) groups is 1. The highest BCUT2D eigenvalue weighted by molar-refractivity contribution is 5.66. The molecule has 19 atom stereocenters. The molecule has 5 aliphatic carbocycles. The van der Waals surface area contributed by atoms with Crippen LogP contribution in [0.2, 0.25) is 0 Å². The molecule has 0 aromatic heterocycles. The van der Waals surface area contributed by atoms with Gasteiger partial charge >= 0.3 is 5.97 Å². The predicted molar refractivity (Wildman–Crippen MR) is 172 cm³/mol. The molecular weight excluding hydrogens is 632 g/mol. The largest absolute Gasteiger partial charge is 0.462 e. The minimum Gasteiger partial charge on any atom is -0.462 e. The van der Waals surface area contributed by atoms with E-state index in [2.05, 4.69) is 47.6 Å². The van der Waals surface area contributed by atoms with Gasteiger partial charge in [-0.2, -0.15) is 0 Å². The third-order valence-electron chi connectivity index (χ3n) is 16.8. The molecule has 4 saturated carbocycles. The maximum absolute atomic E-state index is 12.9. The van der Waals surface area contributed by atoms with Gasteiger partial charge in [-0.1, -0.05) is 53.2 Å². The van der Waals surface area contributed by atoms with Crippen molar-refractivity contribution in [3.8, 4) is 0 Å². The molecule has 4 saturated heterocycles. The van der Waals surface area contributed by atoms with E-state index in [1.54, 1.807) is 0 Å². The topological polar surface area (TPSA) is 157 Å². The molecule has 0 bridgehead atoms. The van der Waals surface area contributed by atoms with Gasteiger partial charge in [-0.05, 0) is 73.5 Å². The quantitative estimate of drug-likeness (QED) is 0.196. The SMILES string of the molecule is CC(=O)O[C@@H]1C[C@]23C(=CC[C@H]4C(C)(C)[C@@H](O[C@@H]5OC[C@@H](O)C(O)C5O)CC[C@@]42[C@H]3C)[C@]2(C)CC3OC4(C[C@@H](C)[C@@H]3[C@@]12C)OC(O)C1(C)OC41. The molecule has 11 nitrogen and oxygen atoms in total. The van der Waals surface area contributed by atoms with Gasteiger partial charge in [0.25, 0.3) is 0 Å². The normalized spacial score (nSPS) is 62.1. The molecule has 4 aliphatic heterocycles. The van der Waals surface area contributed by atoms with Gasteiger partial charge in [-0.3, -0.25) is 4.79 Å². The van der Waals surface area contributed by atoms with Crippen LogP contribution in [0.3, 0.4) is 0 Å². The summed E-state index contributed by atoms with van der Waals surface area (Å²) in [4.78, 5) is 12.9.